The number of nitrogens with one attached hydrogen (secondary N) is 1. The Hall–Kier alpha value is -1.96. The van der Waals surface area contributed by atoms with Crippen molar-refractivity contribution in [2.75, 3.05) is 0 Å². The van der Waals surface area contributed by atoms with Gasteiger partial charge in [-0.25, -0.2) is 4.98 Å². The number of aromatic nitrogens is 3. The number of halogens is 1. The second-order valence-corrected chi connectivity index (χ2v) is 8.32. The van der Waals surface area contributed by atoms with E-state index >= 15 is 0 Å². The first-order valence-corrected chi connectivity index (χ1v) is 10.3. The van der Waals surface area contributed by atoms with Crippen LogP contribution in [-0.2, 0) is 6.54 Å². The van der Waals surface area contributed by atoms with E-state index in [1.54, 1.807) is 29.8 Å². The van der Waals surface area contributed by atoms with Gasteiger partial charge in [0, 0.05) is 23.5 Å². The van der Waals surface area contributed by atoms with Crippen LogP contribution in [0.5, 0.6) is 0 Å². The fourth-order valence-electron chi connectivity index (χ4n) is 3.62. The van der Waals surface area contributed by atoms with Gasteiger partial charge in [-0.2, -0.15) is 0 Å². The van der Waals surface area contributed by atoms with E-state index in [-0.39, 0.29) is 11.9 Å². The smallest absolute Gasteiger partial charge is 0.255 e. The first-order chi connectivity index (χ1) is 13.0. The van der Waals surface area contributed by atoms with E-state index in [0.29, 0.717) is 22.6 Å². The number of aryl methyl sites for hydroxylation is 1. The summed E-state index contributed by atoms with van der Waals surface area (Å²) < 4.78 is 1.93. The van der Waals surface area contributed by atoms with Crippen molar-refractivity contribution in [2.24, 2.45) is 0 Å². The van der Waals surface area contributed by atoms with Gasteiger partial charge >= 0.3 is 0 Å². The lowest BCUT2D eigenvalue weighted by Crippen LogP contribution is -2.45. The number of amides is 1. The summed E-state index contributed by atoms with van der Waals surface area (Å²) in [6.07, 6.45) is 6.41. The molecule has 3 heterocycles. The average Bonchev–Trinajstić information content (AvgIpc) is 3.22. The minimum atomic E-state index is -0.495. The van der Waals surface area contributed by atoms with Crippen molar-refractivity contribution in [1.29, 1.82) is 0 Å². The summed E-state index contributed by atoms with van der Waals surface area (Å²) >= 11 is 7.99. The molecule has 8 heteroatoms. The van der Waals surface area contributed by atoms with Crippen LogP contribution >= 0.6 is 22.9 Å². The van der Waals surface area contributed by atoms with E-state index in [1.165, 1.54) is 0 Å². The summed E-state index contributed by atoms with van der Waals surface area (Å²) in [4.78, 5) is 21.8. The fourth-order valence-corrected chi connectivity index (χ4v) is 4.64. The molecule has 4 rings (SSSR count). The summed E-state index contributed by atoms with van der Waals surface area (Å²) in [5.41, 5.74) is 2.73. The van der Waals surface area contributed by atoms with Crippen molar-refractivity contribution < 1.29 is 9.90 Å². The number of carbonyl (C=O) groups is 1. The van der Waals surface area contributed by atoms with Crippen molar-refractivity contribution in [1.82, 2.24) is 19.9 Å². The Morgan fingerprint density at radius 2 is 2.26 bits per heavy atom. The Balaban J connectivity index is 1.68. The molecule has 2 N–H and O–H groups in total. The van der Waals surface area contributed by atoms with Gasteiger partial charge in [0.2, 0.25) is 0 Å². The Labute approximate surface area is 166 Å². The molecule has 3 aromatic rings. The van der Waals surface area contributed by atoms with Crippen LogP contribution in [0.4, 0.5) is 0 Å². The molecule has 1 unspecified atom stereocenters. The zero-order valence-corrected chi connectivity index (χ0v) is 16.6. The molecule has 6 nitrogen and oxygen atoms in total. The minimum absolute atomic E-state index is 0.217. The molecule has 0 aliphatic heterocycles. The second-order valence-electron chi connectivity index (χ2n) is 6.98. The predicted octanol–water partition coefficient (Wildman–Crippen LogP) is 3.54. The maximum absolute atomic E-state index is 12.9. The number of thiazole rings is 1. The van der Waals surface area contributed by atoms with E-state index < -0.39 is 6.10 Å². The molecule has 27 heavy (non-hydrogen) atoms. The molecule has 0 aromatic carbocycles. The van der Waals surface area contributed by atoms with Crippen molar-refractivity contribution in [3.63, 3.8) is 0 Å². The average molecular weight is 405 g/mol. The highest BCUT2D eigenvalue weighted by Crippen LogP contribution is 2.28. The quantitative estimate of drug-likeness (QED) is 0.697. The standard InChI is InChI=1S/C19H21ClN4O2S/c1-11-10-27-16(22-11)9-24-8-12(17-18(24)13(20)6-7-21-17)19(26)23-14-4-2-3-5-15(14)25/h6-8,10,14-15,25H,2-5,9H2,1H3,(H,23,26)/t14-,15?/m0/s1. The van der Waals surface area contributed by atoms with Gasteiger partial charge in [-0.05, 0) is 25.8 Å². The van der Waals surface area contributed by atoms with Crippen molar-refractivity contribution >= 4 is 39.9 Å². The normalized spacial score (nSPS) is 20.1. The van der Waals surface area contributed by atoms with Crippen LogP contribution in [0.3, 0.4) is 0 Å². The predicted molar refractivity (Wildman–Crippen MR) is 106 cm³/mol. The highest BCUT2D eigenvalue weighted by atomic mass is 35.5. The van der Waals surface area contributed by atoms with Crippen LogP contribution in [0, 0.1) is 6.92 Å². The summed E-state index contributed by atoms with van der Waals surface area (Å²) in [5, 5.41) is 16.6. The molecule has 0 saturated heterocycles. The highest BCUT2D eigenvalue weighted by molar-refractivity contribution is 7.09. The summed E-state index contributed by atoms with van der Waals surface area (Å²) in [5.74, 6) is -0.227. The van der Waals surface area contributed by atoms with Gasteiger partial charge in [-0.1, -0.05) is 24.4 Å². The lowest BCUT2D eigenvalue weighted by atomic mass is 9.92. The number of fused-ring (bicyclic) bond motifs is 1. The molecule has 1 saturated carbocycles. The van der Waals surface area contributed by atoms with E-state index in [2.05, 4.69) is 15.3 Å². The molecule has 1 aliphatic carbocycles. The van der Waals surface area contributed by atoms with Crippen LogP contribution < -0.4 is 5.32 Å². The third kappa shape index (κ3) is 3.72. The van der Waals surface area contributed by atoms with Gasteiger partial charge in [0.1, 0.15) is 10.5 Å². The largest absolute Gasteiger partial charge is 0.391 e. The van der Waals surface area contributed by atoms with Gasteiger partial charge in [0.05, 0.1) is 34.8 Å². The molecular formula is C19H21ClN4O2S. The molecule has 0 bridgehead atoms. The number of aliphatic hydroxyl groups is 1. The summed E-state index contributed by atoms with van der Waals surface area (Å²) in [7, 11) is 0. The number of aliphatic hydroxyl groups excluding tert-OH is 1. The third-order valence-electron chi connectivity index (χ3n) is 4.97. The zero-order chi connectivity index (χ0) is 19.0. The third-order valence-corrected chi connectivity index (χ3v) is 6.22. The van der Waals surface area contributed by atoms with E-state index in [9.17, 15) is 9.90 Å². The van der Waals surface area contributed by atoms with Crippen LogP contribution in [0.2, 0.25) is 5.02 Å². The Kier molecular flexibility index (Phi) is 5.16. The lowest BCUT2D eigenvalue weighted by molar-refractivity contribution is 0.0718. The van der Waals surface area contributed by atoms with Crippen LogP contribution in [0.1, 0.15) is 46.7 Å². The number of nitrogens with zero attached hydrogens (tertiary/aromatic N) is 3. The van der Waals surface area contributed by atoms with Crippen LogP contribution in [0.15, 0.2) is 23.8 Å². The Morgan fingerprint density at radius 1 is 1.44 bits per heavy atom. The first kappa shape index (κ1) is 18.4. The van der Waals surface area contributed by atoms with Crippen molar-refractivity contribution in [3.05, 3.63) is 45.1 Å². The number of rotatable bonds is 4. The molecule has 0 spiro atoms. The number of hydrogen-bond donors (Lipinski definition) is 2. The topological polar surface area (TPSA) is 80.0 Å². The van der Waals surface area contributed by atoms with Crippen LogP contribution in [0.25, 0.3) is 11.0 Å². The molecule has 142 valence electrons. The van der Waals surface area contributed by atoms with Gasteiger partial charge < -0.3 is 15.0 Å². The SMILES string of the molecule is Cc1csc(Cn2cc(C(=O)N[C@H]3CCCCC3O)c3nccc(Cl)c32)n1. The Bertz CT molecular complexity index is 983. The first-order valence-electron chi connectivity index (χ1n) is 9.06. The van der Waals surface area contributed by atoms with E-state index in [4.69, 9.17) is 11.6 Å². The molecule has 1 fully saturated rings. The minimum Gasteiger partial charge on any atom is -0.391 e. The number of hydrogen-bond acceptors (Lipinski definition) is 5. The highest BCUT2D eigenvalue weighted by Gasteiger charge is 2.27. The molecule has 0 radical (unpaired) electrons. The molecule has 1 amide bonds. The van der Waals surface area contributed by atoms with Gasteiger partial charge in [0.25, 0.3) is 5.91 Å². The molecular weight excluding hydrogens is 384 g/mol. The van der Waals surface area contributed by atoms with Gasteiger partial charge in [-0.3, -0.25) is 9.78 Å². The molecule has 3 aromatic heterocycles. The Morgan fingerprint density at radius 3 is 3.00 bits per heavy atom. The number of carbonyl (C=O) groups excluding carboxylic acids is 1. The number of pyridine rings is 1. The molecule has 1 aliphatic rings. The van der Waals surface area contributed by atoms with Crippen molar-refractivity contribution in [3.8, 4) is 0 Å². The maximum atomic E-state index is 12.9. The zero-order valence-electron chi connectivity index (χ0n) is 15.0. The maximum Gasteiger partial charge on any atom is 0.255 e. The summed E-state index contributed by atoms with van der Waals surface area (Å²) in [6.45, 7) is 2.48. The molecule has 2 atom stereocenters. The van der Waals surface area contributed by atoms with Crippen molar-refractivity contribution in [2.45, 2.75) is 51.3 Å². The lowest BCUT2D eigenvalue weighted by Gasteiger charge is -2.28. The summed E-state index contributed by atoms with van der Waals surface area (Å²) in [6, 6.07) is 1.51. The monoisotopic (exact) mass is 404 g/mol. The van der Waals surface area contributed by atoms with E-state index in [0.717, 1.165) is 41.9 Å². The fraction of sp³-hybridized carbons (Fsp3) is 0.421. The van der Waals surface area contributed by atoms with Gasteiger partial charge in [-0.15, -0.1) is 11.3 Å². The van der Waals surface area contributed by atoms with Gasteiger partial charge in [0.15, 0.2) is 0 Å². The van der Waals surface area contributed by atoms with Crippen LogP contribution in [-0.4, -0.2) is 37.7 Å². The second kappa shape index (κ2) is 7.58. The van der Waals surface area contributed by atoms with E-state index in [1.807, 2.05) is 16.9 Å².